The Balaban J connectivity index is 1.95. The molecule has 1 aromatic heterocycles. The molecule has 0 atom stereocenters. The number of aromatic nitrogens is 1. The topological polar surface area (TPSA) is 94.4 Å². The minimum Gasteiger partial charge on any atom is -0.488 e. The van der Waals surface area contributed by atoms with Crippen LogP contribution in [0.2, 0.25) is 0 Å². The van der Waals surface area contributed by atoms with Gasteiger partial charge in [-0.05, 0) is 43.2 Å². The zero-order valence-corrected chi connectivity index (χ0v) is 16.5. The van der Waals surface area contributed by atoms with E-state index in [1.165, 1.54) is 0 Å². The first-order valence-electron chi connectivity index (χ1n) is 9.43. The highest BCUT2D eigenvalue weighted by Gasteiger charge is 2.16. The van der Waals surface area contributed by atoms with Gasteiger partial charge in [0.15, 0.2) is 0 Å². The highest BCUT2D eigenvalue weighted by Crippen LogP contribution is 2.32. The van der Waals surface area contributed by atoms with Crippen molar-refractivity contribution in [3.05, 3.63) is 77.0 Å². The molecule has 3 rings (SSSR count). The van der Waals surface area contributed by atoms with Crippen LogP contribution in [-0.2, 0) is 22.6 Å². The highest BCUT2D eigenvalue weighted by molar-refractivity contribution is 5.95. The molecule has 6 heteroatoms. The Morgan fingerprint density at radius 1 is 1.03 bits per heavy atom. The number of nitrogens with one attached hydrogen (secondary N) is 1. The molecule has 0 saturated heterocycles. The van der Waals surface area contributed by atoms with Gasteiger partial charge < -0.3 is 20.2 Å². The van der Waals surface area contributed by atoms with Crippen molar-refractivity contribution in [3.63, 3.8) is 0 Å². The molecule has 0 fully saturated rings. The molecule has 150 valence electrons. The zero-order valence-electron chi connectivity index (χ0n) is 16.5. The summed E-state index contributed by atoms with van der Waals surface area (Å²) in [7, 11) is 0. The third kappa shape index (κ3) is 5.04. The van der Waals surface area contributed by atoms with Gasteiger partial charge in [-0.15, -0.1) is 0 Å². The van der Waals surface area contributed by atoms with Gasteiger partial charge in [0.1, 0.15) is 12.4 Å². The van der Waals surface area contributed by atoms with Crippen molar-refractivity contribution >= 4 is 11.9 Å². The highest BCUT2D eigenvalue weighted by atomic mass is 16.5. The van der Waals surface area contributed by atoms with Crippen LogP contribution < -0.4 is 10.5 Å². The minimum absolute atomic E-state index is 0.155. The maximum absolute atomic E-state index is 11.9. The van der Waals surface area contributed by atoms with E-state index in [1.54, 1.807) is 19.9 Å². The number of hydrogen-bond acceptors (Lipinski definition) is 4. The molecule has 6 nitrogen and oxygen atoms in total. The molecule has 1 heterocycles. The summed E-state index contributed by atoms with van der Waals surface area (Å²) in [5.41, 5.74) is 9.83. The van der Waals surface area contributed by atoms with Crippen molar-refractivity contribution in [1.82, 2.24) is 4.98 Å². The van der Waals surface area contributed by atoms with E-state index in [-0.39, 0.29) is 12.4 Å². The second-order valence-electron chi connectivity index (χ2n) is 6.67. The van der Waals surface area contributed by atoms with Crippen LogP contribution in [0.1, 0.15) is 34.1 Å². The van der Waals surface area contributed by atoms with Gasteiger partial charge in [-0.1, -0.05) is 36.4 Å². The van der Waals surface area contributed by atoms with Crippen LogP contribution in [0.25, 0.3) is 11.3 Å². The third-order valence-electron chi connectivity index (χ3n) is 4.51. The Kier molecular flexibility index (Phi) is 6.34. The SMILES string of the molecule is CCOC(=O)Cc1ccc(OCc2ccccc2)c(-c2cc(C(N)=O)c(C)[nH]2)c1. The van der Waals surface area contributed by atoms with Crippen LogP contribution in [-0.4, -0.2) is 23.5 Å². The second kappa shape index (κ2) is 9.10. The Bertz CT molecular complexity index is 1010. The first-order valence-corrected chi connectivity index (χ1v) is 9.43. The quantitative estimate of drug-likeness (QED) is 0.571. The molecular weight excluding hydrogens is 368 g/mol. The Labute approximate surface area is 169 Å². The number of carbonyl (C=O) groups excluding carboxylic acids is 2. The summed E-state index contributed by atoms with van der Waals surface area (Å²) in [6.45, 7) is 4.29. The average Bonchev–Trinajstić information content (AvgIpc) is 3.10. The molecule has 29 heavy (non-hydrogen) atoms. The Morgan fingerprint density at radius 2 is 1.79 bits per heavy atom. The van der Waals surface area contributed by atoms with E-state index in [2.05, 4.69) is 4.98 Å². The molecule has 0 spiro atoms. The number of aryl methyl sites for hydroxylation is 1. The smallest absolute Gasteiger partial charge is 0.310 e. The summed E-state index contributed by atoms with van der Waals surface area (Å²) in [5.74, 6) is -0.157. The number of esters is 1. The third-order valence-corrected chi connectivity index (χ3v) is 4.51. The van der Waals surface area contributed by atoms with Gasteiger partial charge in [-0.25, -0.2) is 0 Å². The van der Waals surface area contributed by atoms with Crippen LogP contribution in [0.5, 0.6) is 5.75 Å². The van der Waals surface area contributed by atoms with Crippen LogP contribution in [0.3, 0.4) is 0 Å². The monoisotopic (exact) mass is 392 g/mol. The maximum Gasteiger partial charge on any atom is 0.310 e. The first-order chi connectivity index (χ1) is 14.0. The molecule has 0 bridgehead atoms. The van der Waals surface area contributed by atoms with Gasteiger partial charge in [0.25, 0.3) is 5.91 Å². The Hall–Kier alpha value is -3.54. The normalized spacial score (nSPS) is 10.6. The predicted molar refractivity (Wildman–Crippen MR) is 111 cm³/mol. The minimum atomic E-state index is -0.501. The Morgan fingerprint density at radius 3 is 2.45 bits per heavy atom. The number of aromatic amines is 1. The van der Waals surface area contributed by atoms with Gasteiger partial charge in [0.05, 0.1) is 24.3 Å². The lowest BCUT2D eigenvalue weighted by Crippen LogP contribution is -2.10. The summed E-state index contributed by atoms with van der Waals surface area (Å²) in [4.78, 5) is 26.7. The molecular formula is C23H24N2O4. The van der Waals surface area contributed by atoms with Crippen molar-refractivity contribution in [3.8, 4) is 17.0 Å². The van der Waals surface area contributed by atoms with Crippen LogP contribution in [0.15, 0.2) is 54.6 Å². The number of benzene rings is 2. The van der Waals surface area contributed by atoms with Crippen molar-refractivity contribution < 1.29 is 19.1 Å². The second-order valence-corrected chi connectivity index (χ2v) is 6.67. The van der Waals surface area contributed by atoms with Gasteiger partial charge in [0, 0.05) is 11.3 Å². The van der Waals surface area contributed by atoms with Crippen LogP contribution in [0.4, 0.5) is 0 Å². The number of H-pyrrole nitrogens is 1. The van der Waals surface area contributed by atoms with E-state index in [9.17, 15) is 9.59 Å². The van der Waals surface area contributed by atoms with E-state index in [0.717, 1.165) is 16.7 Å². The fourth-order valence-corrected chi connectivity index (χ4v) is 3.10. The molecule has 0 saturated carbocycles. The summed E-state index contributed by atoms with van der Waals surface area (Å²) in [6, 6.07) is 17.1. The number of ether oxygens (including phenoxy) is 2. The number of hydrogen-bond donors (Lipinski definition) is 2. The molecule has 0 radical (unpaired) electrons. The molecule has 0 aliphatic heterocycles. The summed E-state index contributed by atoms with van der Waals surface area (Å²) >= 11 is 0. The predicted octanol–water partition coefficient (Wildman–Crippen LogP) is 3.77. The molecule has 3 aromatic rings. The van der Waals surface area contributed by atoms with Gasteiger partial charge >= 0.3 is 5.97 Å². The molecule has 1 amide bonds. The van der Waals surface area contributed by atoms with Crippen LogP contribution in [0, 0.1) is 6.92 Å². The average molecular weight is 392 g/mol. The summed E-state index contributed by atoms with van der Waals surface area (Å²) in [6.07, 6.45) is 0.155. The number of nitrogens with two attached hydrogens (primary N) is 1. The fraction of sp³-hybridized carbons (Fsp3) is 0.217. The summed E-state index contributed by atoms with van der Waals surface area (Å²) < 4.78 is 11.1. The summed E-state index contributed by atoms with van der Waals surface area (Å²) in [5, 5.41) is 0. The van der Waals surface area contributed by atoms with Crippen molar-refractivity contribution in [2.45, 2.75) is 26.9 Å². The van der Waals surface area contributed by atoms with Crippen LogP contribution >= 0.6 is 0 Å². The van der Waals surface area contributed by atoms with E-state index in [1.807, 2.05) is 48.5 Å². The van der Waals surface area contributed by atoms with E-state index >= 15 is 0 Å². The van der Waals surface area contributed by atoms with E-state index in [0.29, 0.717) is 35.9 Å². The number of amides is 1. The van der Waals surface area contributed by atoms with Crippen molar-refractivity contribution in [1.29, 1.82) is 0 Å². The van der Waals surface area contributed by atoms with E-state index < -0.39 is 5.91 Å². The van der Waals surface area contributed by atoms with Gasteiger partial charge in [-0.3, -0.25) is 9.59 Å². The first kappa shape index (κ1) is 20.2. The van der Waals surface area contributed by atoms with Crippen molar-refractivity contribution in [2.75, 3.05) is 6.61 Å². The molecule has 0 aliphatic carbocycles. The molecule has 0 unspecified atom stereocenters. The number of primary amides is 1. The lowest BCUT2D eigenvalue weighted by Gasteiger charge is -2.13. The number of carbonyl (C=O) groups is 2. The lowest BCUT2D eigenvalue weighted by molar-refractivity contribution is -0.142. The van der Waals surface area contributed by atoms with Gasteiger partial charge in [-0.2, -0.15) is 0 Å². The molecule has 0 aliphatic rings. The largest absolute Gasteiger partial charge is 0.488 e. The standard InChI is InChI=1S/C23H24N2O4/c1-3-28-22(26)12-17-9-10-21(29-14-16-7-5-4-6-8-16)19(11-17)20-13-18(23(24)27)15(2)25-20/h4-11,13,25H,3,12,14H2,1-2H3,(H2,24,27). The fourth-order valence-electron chi connectivity index (χ4n) is 3.10. The van der Waals surface area contributed by atoms with E-state index in [4.69, 9.17) is 15.2 Å². The maximum atomic E-state index is 11.9. The number of rotatable bonds is 8. The van der Waals surface area contributed by atoms with Gasteiger partial charge in [0.2, 0.25) is 0 Å². The molecule has 2 aromatic carbocycles. The van der Waals surface area contributed by atoms with Crippen molar-refractivity contribution in [2.24, 2.45) is 5.73 Å². The zero-order chi connectivity index (χ0) is 20.8. The lowest BCUT2D eigenvalue weighted by atomic mass is 10.0. The molecule has 3 N–H and O–H groups in total.